The van der Waals surface area contributed by atoms with Crippen LogP contribution in [0, 0.1) is 5.41 Å². The van der Waals surface area contributed by atoms with E-state index in [1.807, 2.05) is 0 Å². The second-order valence-electron chi connectivity index (χ2n) is 5.75. The van der Waals surface area contributed by atoms with Crippen LogP contribution in [-0.2, 0) is 6.42 Å². The standard InChI is InChI=1S/C11H18N4/c1-11(2)5-8(12)10-9(6-11)15(14-13-10)7-3-4-7/h7-8H,3-6,12H2,1-2H3. The van der Waals surface area contributed by atoms with Gasteiger partial charge in [0, 0.05) is 0 Å². The fourth-order valence-corrected chi connectivity index (χ4v) is 2.62. The highest BCUT2D eigenvalue weighted by molar-refractivity contribution is 5.21. The van der Waals surface area contributed by atoms with Crippen LogP contribution in [-0.4, -0.2) is 15.0 Å². The molecule has 1 heterocycles. The molecule has 0 saturated heterocycles. The molecule has 2 aliphatic rings. The Labute approximate surface area is 89.8 Å². The van der Waals surface area contributed by atoms with Crippen LogP contribution in [0.2, 0.25) is 0 Å². The Morgan fingerprint density at radius 2 is 2.13 bits per heavy atom. The topological polar surface area (TPSA) is 56.7 Å². The summed E-state index contributed by atoms with van der Waals surface area (Å²) in [5.41, 5.74) is 8.77. The SMILES string of the molecule is CC1(C)Cc2c(nnn2C2CC2)C(N)C1. The van der Waals surface area contributed by atoms with Crippen molar-refractivity contribution in [3.05, 3.63) is 11.4 Å². The summed E-state index contributed by atoms with van der Waals surface area (Å²) in [7, 11) is 0. The molecule has 4 heteroatoms. The van der Waals surface area contributed by atoms with Gasteiger partial charge in [0.1, 0.15) is 5.69 Å². The molecule has 1 saturated carbocycles. The van der Waals surface area contributed by atoms with E-state index < -0.39 is 0 Å². The summed E-state index contributed by atoms with van der Waals surface area (Å²) in [4.78, 5) is 0. The van der Waals surface area contributed by atoms with Crippen LogP contribution < -0.4 is 5.73 Å². The maximum absolute atomic E-state index is 6.14. The van der Waals surface area contributed by atoms with E-state index in [4.69, 9.17) is 5.73 Å². The van der Waals surface area contributed by atoms with E-state index in [0.717, 1.165) is 18.5 Å². The predicted molar refractivity (Wildman–Crippen MR) is 57.3 cm³/mol. The fourth-order valence-electron chi connectivity index (χ4n) is 2.62. The van der Waals surface area contributed by atoms with Crippen LogP contribution in [0.1, 0.15) is 56.6 Å². The van der Waals surface area contributed by atoms with Gasteiger partial charge in [0.05, 0.1) is 17.8 Å². The molecule has 1 aromatic heterocycles. The van der Waals surface area contributed by atoms with E-state index in [1.54, 1.807) is 0 Å². The summed E-state index contributed by atoms with van der Waals surface area (Å²) in [5.74, 6) is 0. The molecule has 0 radical (unpaired) electrons. The third-order valence-electron chi connectivity index (χ3n) is 3.48. The molecule has 82 valence electrons. The molecule has 0 bridgehead atoms. The molecule has 1 unspecified atom stereocenters. The van der Waals surface area contributed by atoms with E-state index in [9.17, 15) is 0 Å². The second-order valence-corrected chi connectivity index (χ2v) is 5.75. The Bertz CT molecular complexity index is 376. The van der Waals surface area contributed by atoms with Crippen molar-refractivity contribution < 1.29 is 0 Å². The second kappa shape index (κ2) is 2.82. The number of hydrogen-bond acceptors (Lipinski definition) is 3. The minimum atomic E-state index is 0.0799. The smallest absolute Gasteiger partial charge is 0.103 e. The normalized spacial score (nSPS) is 28.9. The number of nitrogens with two attached hydrogens (primary N) is 1. The number of rotatable bonds is 1. The zero-order valence-corrected chi connectivity index (χ0v) is 9.40. The first kappa shape index (κ1) is 9.33. The molecule has 1 fully saturated rings. The number of hydrogen-bond donors (Lipinski definition) is 1. The van der Waals surface area contributed by atoms with Crippen LogP contribution in [0.4, 0.5) is 0 Å². The van der Waals surface area contributed by atoms with Crippen LogP contribution in [0.3, 0.4) is 0 Å². The van der Waals surface area contributed by atoms with Crippen molar-refractivity contribution >= 4 is 0 Å². The number of aromatic nitrogens is 3. The summed E-state index contributed by atoms with van der Waals surface area (Å²) in [6, 6.07) is 0.693. The maximum atomic E-state index is 6.14. The molecule has 0 amide bonds. The lowest BCUT2D eigenvalue weighted by Gasteiger charge is -2.32. The molecule has 15 heavy (non-hydrogen) atoms. The molecule has 1 aromatic rings. The Morgan fingerprint density at radius 1 is 1.40 bits per heavy atom. The van der Waals surface area contributed by atoms with Crippen molar-refractivity contribution in [2.24, 2.45) is 11.1 Å². The van der Waals surface area contributed by atoms with Gasteiger partial charge in [-0.1, -0.05) is 19.1 Å². The van der Waals surface area contributed by atoms with E-state index >= 15 is 0 Å². The van der Waals surface area contributed by atoms with Crippen molar-refractivity contribution in [2.75, 3.05) is 0 Å². The third kappa shape index (κ3) is 1.47. The lowest BCUT2D eigenvalue weighted by atomic mass is 9.76. The van der Waals surface area contributed by atoms with Crippen LogP contribution in [0.5, 0.6) is 0 Å². The number of nitrogens with zero attached hydrogens (tertiary/aromatic N) is 3. The molecule has 0 aromatic carbocycles. The Kier molecular flexibility index (Phi) is 1.75. The van der Waals surface area contributed by atoms with Crippen molar-refractivity contribution in [3.63, 3.8) is 0 Å². The highest BCUT2D eigenvalue weighted by Crippen LogP contribution is 2.42. The summed E-state index contributed by atoms with van der Waals surface area (Å²) < 4.78 is 2.12. The molecular formula is C11H18N4. The quantitative estimate of drug-likeness (QED) is 0.759. The Hall–Kier alpha value is -0.900. The summed E-state index contributed by atoms with van der Waals surface area (Å²) >= 11 is 0. The van der Waals surface area contributed by atoms with Crippen molar-refractivity contribution in [2.45, 2.75) is 51.6 Å². The van der Waals surface area contributed by atoms with E-state index in [1.165, 1.54) is 18.5 Å². The Morgan fingerprint density at radius 3 is 2.80 bits per heavy atom. The van der Waals surface area contributed by atoms with Crippen LogP contribution >= 0.6 is 0 Å². The van der Waals surface area contributed by atoms with Gasteiger partial charge in [-0.3, -0.25) is 0 Å². The van der Waals surface area contributed by atoms with E-state index in [-0.39, 0.29) is 6.04 Å². The predicted octanol–water partition coefficient (Wildman–Crippen LogP) is 1.59. The average Bonchev–Trinajstić information content (AvgIpc) is 2.86. The molecule has 2 aliphatic carbocycles. The molecule has 0 spiro atoms. The average molecular weight is 206 g/mol. The van der Waals surface area contributed by atoms with Gasteiger partial charge in [0.25, 0.3) is 0 Å². The minimum absolute atomic E-state index is 0.0799. The summed E-state index contributed by atoms with van der Waals surface area (Å²) in [5, 5.41) is 8.51. The van der Waals surface area contributed by atoms with Crippen molar-refractivity contribution in [1.29, 1.82) is 0 Å². The highest BCUT2D eigenvalue weighted by Gasteiger charge is 2.37. The zero-order valence-electron chi connectivity index (χ0n) is 9.40. The highest BCUT2D eigenvalue weighted by atomic mass is 15.5. The molecule has 0 aliphatic heterocycles. The largest absolute Gasteiger partial charge is 0.323 e. The molecular weight excluding hydrogens is 188 g/mol. The van der Waals surface area contributed by atoms with Gasteiger partial charge in [-0.15, -0.1) is 5.10 Å². The van der Waals surface area contributed by atoms with E-state index in [2.05, 4.69) is 28.8 Å². The summed E-state index contributed by atoms with van der Waals surface area (Å²) in [6.07, 6.45) is 4.60. The lowest BCUT2D eigenvalue weighted by Crippen LogP contribution is -2.30. The van der Waals surface area contributed by atoms with Crippen LogP contribution in [0.25, 0.3) is 0 Å². The van der Waals surface area contributed by atoms with Gasteiger partial charge in [-0.05, 0) is 31.1 Å². The van der Waals surface area contributed by atoms with Crippen molar-refractivity contribution in [3.8, 4) is 0 Å². The molecule has 4 nitrogen and oxygen atoms in total. The number of fused-ring (bicyclic) bond motifs is 1. The first-order chi connectivity index (χ1) is 7.07. The minimum Gasteiger partial charge on any atom is -0.323 e. The zero-order chi connectivity index (χ0) is 10.6. The molecule has 2 N–H and O–H groups in total. The van der Waals surface area contributed by atoms with Gasteiger partial charge >= 0.3 is 0 Å². The summed E-state index contributed by atoms with van der Waals surface area (Å²) in [6.45, 7) is 4.56. The van der Waals surface area contributed by atoms with Gasteiger partial charge < -0.3 is 5.73 Å². The maximum Gasteiger partial charge on any atom is 0.103 e. The van der Waals surface area contributed by atoms with Gasteiger partial charge in [-0.25, -0.2) is 4.68 Å². The molecule has 3 rings (SSSR count). The van der Waals surface area contributed by atoms with E-state index in [0.29, 0.717) is 11.5 Å². The molecule has 1 atom stereocenters. The van der Waals surface area contributed by atoms with Gasteiger partial charge in [-0.2, -0.15) is 0 Å². The first-order valence-electron chi connectivity index (χ1n) is 5.76. The Balaban J connectivity index is 2.04. The third-order valence-corrected chi connectivity index (χ3v) is 3.48. The van der Waals surface area contributed by atoms with Gasteiger partial charge in [0.2, 0.25) is 0 Å². The van der Waals surface area contributed by atoms with Crippen molar-refractivity contribution in [1.82, 2.24) is 15.0 Å². The van der Waals surface area contributed by atoms with Crippen LogP contribution in [0.15, 0.2) is 0 Å². The fraction of sp³-hybridized carbons (Fsp3) is 0.818. The first-order valence-corrected chi connectivity index (χ1v) is 5.76. The monoisotopic (exact) mass is 206 g/mol. The van der Waals surface area contributed by atoms with Gasteiger partial charge in [0.15, 0.2) is 0 Å². The lowest BCUT2D eigenvalue weighted by molar-refractivity contribution is 0.272.